The molecule has 0 bridgehead atoms. The summed E-state index contributed by atoms with van der Waals surface area (Å²) in [6.07, 6.45) is 3.86. The molecule has 5 aromatic heterocycles. The van der Waals surface area contributed by atoms with Gasteiger partial charge in [-0.3, -0.25) is 14.0 Å². The first kappa shape index (κ1) is 37.8. The van der Waals surface area contributed by atoms with Crippen LogP contribution in [0.5, 0.6) is 23.0 Å². The number of benzene rings is 6. The fraction of sp³-hybridized carbons (Fsp3) is 0.125. The van der Waals surface area contributed by atoms with Crippen molar-refractivity contribution in [3.05, 3.63) is 193 Å². The fourth-order valence-corrected chi connectivity index (χ4v) is 9.55. The van der Waals surface area contributed by atoms with E-state index in [4.69, 9.17) is 24.4 Å². The molecule has 310 valence electrons. The van der Waals surface area contributed by atoms with Crippen molar-refractivity contribution in [2.45, 2.75) is 45.4 Å². The van der Waals surface area contributed by atoms with Gasteiger partial charge < -0.3 is 14.0 Å². The van der Waals surface area contributed by atoms with E-state index in [0.717, 1.165) is 89.8 Å². The zero-order valence-electron chi connectivity index (χ0n) is 36.2. The molecule has 0 spiro atoms. The molecule has 6 heterocycles. The van der Waals surface area contributed by atoms with Gasteiger partial charge in [0.25, 0.3) is 0 Å². The largest absolute Gasteiger partial charge is 0.457 e. The van der Waals surface area contributed by atoms with Gasteiger partial charge in [0.05, 0.1) is 33.3 Å². The summed E-state index contributed by atoms with van der Waals surface area (Å²) in [6, 6.07) is 56.7. The zero-order valence-corrected chi connectivity index (χ0v) is 36.2. The molecule has 6 aromatic carbocycles. The van der Waals surface area contributed by atoms with Gasteiger partial charge in [-0.15, -0.1) is 0 Å². The number of ether oxygens (including phenoxy) is 2. The minimum atomic E-state index is -0.451. The number of pyridine rings is 2. The minimum absolute atomic E-state index is 0.0203. The molecular weight excluding hydrogens is 789 g/mol. The number of aromatic nitrogens is 6. The molecule has 0 atom stereocenters. The lowest BCUT2D eigenvalue weighted by Gasteiger charge is -2.35. The van der Waals surface area contributed by atoms with E-state index in [2.05, 4.69) is 176 Å². The number of hydrogen-bond acceptors (Lipinski definition) is 5. The van der Waals surface area contributed by atoms with Crippen LogP contribution in [0.1, 0.15) is 51.4 Å². The number of para-hydroxylation sites is 3. The molecule has 0 radical (unpaired) electrons. The average Bonchev–Trinajstić information content (AvgIpc) is 3.96. The van der Waals surface area contributed by atoms with Crippen molar-refractivity contribution in [3.8, 4) is 56.9 Å². The third-order valence-electron chi connectivity index (χ3n) is 12.8. The smallest absolute Gasteiger partial charge is 0.221 e. The molecule has 1 aliphatic heterocycles. The molecular formula is C56H44N6O2. The van der Waals surface area contributed by atoms with Gasteiger partial charge >= 0.3 is 0 Å². The molecule has 0 saturated carbocycles. The molecule has 8 nitrogen and oxygen atoms in total. The summed E-state index contributed by atoms with van der Waals surface area (Å²) in [6.45, 7) is 11.2. The molecule has 0 saturated heterocycles. The summed E-state index contributed by atoms with van der Waals surface area (Å²) < 4.78 is 20.5. The van der Waals surface area contributed by atoms with Crippen LogP contribution in [0.2, 0.25) is 0 Å². The molecule has 0 aliphatic carbocycles. The Morgan fingerprint density at radius 2 is 1.33 bits per heavy atom. The Kier molecular flexibility index (Phi) is 8.27. The Bertz CT molecular complexity index is 3630. The van der Waals surface area contributed by atoms with Gasteiger partial charge in [-0.05, 0) is 109 Å². The summed E-state index contributed by atoms with van der Waals surface area (Å²) in [5.74, 6) is 4.55. The Labute approximate surface area is 370 Å². The van der Waals surface area contributed by atoms with Crippen LogP contribution in [0.3, 0.4) is 0 Å². The SMILES string of the molecule is CC(C)(C)c1ccc(-n2c3cc(Oc4cccc(-c5nccc6c5Oc5c(n(-c7cccc(-c8ccccc8)c7)c7ccccc57)C6(C)C)c4)ccc3n3c4ccccc4nc23)nc1. The van der Waals surface area contributed by atoms with Gasteiger partial charge in [-0.1, -0.05) is 106 Å². The predicted octanol–water partition coefficient (Wildman–Crippen LogP) is 14.0. The Morgan fingerprint density at radius 3 is 2.16 bits per heavy atom. The predicted molar refractivity (Wildman–Crippen MR) is 257 cm³/mol. The number of nitrogens with zero attached hydrogens (tertiary/aromatic N) is 6. The van der Waals surface area contributed by atoms with E-state index in [1.54, 1.807) is 0 Å². The minimum Gasteiger partial charge on any atom is -0.457 e. The summed E-state index contributed by atoms with van der Waals surface area (Å²) in [5.41, 5.74) is 12.9. The van der Waals surface area contributed by atoms with Crippen LogP contribution in [-0.2, 0) is 10.8 Å². The topological polar surface area (TPSA) is 71.4 Å². The first-order valence-electron chi connectivity index (χ1n) is 21.8. The van der Waals surface area contributed by atoms with Crippen LogP contribution in [-0.4, -0.2) is 28.5 Å². The molecule has 0 N–H and O–H groups in total. The monoisotopic (exact) mass is 832 g/mol. The lowest BCUT2D eigenvalue weighted by Crippen LogP contribution is -2.27. The molecule has 11 aromatic rings. The van der Waals surface area contributed by atoms with Crippen molar-refractivity contribution in [1.29, 1.82) is 0 Å². The van der Waals surface area contributed by atoms with E-state index in [1.165, 1.54) is 11.1 Å². The second-order valence-corrected chi connectivity index (χ2v) is 18.2. The van der Waals surface area contributed by atoms with Gasteiger partial charge in [-0.25, -0.2) is 9.97 Å². The van der Waals surface area contributed by atoms with Gasteiger partial charge in [0, 0.05) is 46.1 Å². The van der Waals surface area contributed by atoms with Crippen molar-refractivity contribution in [1.82, 2.24) is 28.5 Å². The number of rotatable bonds is 6. The first-order valence-corrected chi connectivity index (χ1v) is 21.8. The van der Waals surface area contributed by atoms with E-state index < -0.39 is 5.41 Å². The normalized spacial score (nSPS) is 13.3. The molecule has 64 heavy (non-hydrogen) atoms. The molecule has 0 fully saturated rings. The van der Waals surface area contributed by atoms with Crippen molar-refractivity contribution < 1.29 is 9.47 Å². The van der Waals surface area contributed by atoms with Crippen LogP contribution < -0.4 is 9.47 Å². The summed E-state index contributed by atoms with van der Waals surface area (Å²) in [7, 11) is 0. The van der Waals surface area contributed by atoms with E-state index in [-0.39, 0.29) is 5.41 Å². The van der Waals surface area contributed by atoms with Crippen molar-refractivity contribution in [2.75, 3.05) is 0 Å². The lowest BCUT2D eigenvalue weighted by molar-refractivity contribution is 0.413. The summed E-state index contributed by atoms with van der Waals surface area (Å²) in [5, 5.41) is 1.05. The van der Waals surface area contributed by atoms with E-state index >= 15 is 0 Å². The molecule has 0 unspecified atom stereocenters. The van der Waals surface area contributed by atoms with Crippen LogP contribution in [0, 0.1) is 0 Å². The lowest BCUT2D eigenvalue weighted by atomic mass is 9.78. The highest BCUT2D eigenvalue weighted by atomic mass is 16.5. The summed E-state index contributed by atoms with van der Waals surface area (Å²) >= 11 is 0. The van der Waals surface area contributed by atoms with Gasteiger partial charge in [0.2, 0.25) is 5.78 Å². The van der Waals surface area contributed by atoms with Crippen molar-refractivity contribution >= 4 is 38.7 Å². The van der Waals surface area contributed by atoms with E-state index in [1.807, 2.05) is 48.8 Å². The number of fused-ring (bicyclic) bond motifs is 9. The third kappa shape index (κ3) is 5.86. The first-order chi connectivity index (χ1) is 31.1. The molecule has 1 aliphatic rings. The maximum absolute atomic E-state index is 7.13. The second-order valence-electron chi connectivity index (χ2n) is 18.2. The van der Waals surface area contributed by atoms with Gasteiger partial charge in [0.15, 0.2) is 11.5 Å². The fourth-order valence-electron chi connectivity index (χ4n) is 9.55. The second kappa shape index (κ2) is 14.0. The quantitative estimate of drug-likeness (QED) is 0.167. The summed E-state index contributed by atoms with van der Waals surface area (Å²) in [4.78, 5) is 15.0. The molecule has 0 amide bonds. The average molecular weight is 833 g/mol. The van der Waals surface area contributed by atoms with E-state index in [0.29, 0.717) is 11.5 Å². The zero-order chi connectivity index (χ0) is 43.3. The third-order valence-corrected chi connectivity index (χ3v) is 12.8. The highest BCUT2D eigenvalue weighted by molar-refractivity contribution is 5.94. The van der Waals surface area contributed by atoms with E-state index in [9.17, 15) is 0 Å². The van der Waals surface area contributed by atoms with Crippen LogP contribution in [0.15, 0.2) is 176 Å². The van der Waals surface area contributed by atoms with Crippen LogP contribution in [0.4, 0.5) is 0 Å². The van der Waals surface area contributed by atoms with Crippen LogP contribution >= 0.6 is 0 Å². The van der Waals surface area contributed by atoms with Crippen molar-refractivity contribution in [3.63, 3.8) is 0 Å². The number of hydrogen-bond donors (Lipinski definition) is 0. The highest BCUT2D eigenvalue weighted by Gasteiger charge is 2.41. The maximum atomic E-state index is 7.13. The Balaban J connectivity index is 0.935. The van der Waals surface area contributed by atoms with Crippen molar-refractivity contribution in [2.24, 2.45) is 0 Å². The highest BCUT2D eigenvalue weighted by Crippen LogP contribution is 2.55. The Hall–Kier alpha value is -7.97. The molecule has 12 rings (SSSR count). The van der Waals surface area contributed by atoms with Crippen LogP contribution in [0.25, 0.3) is 72.6 Å². The standard InChI is InChI=1S/C56H44N6O2/c1-55(2,3)38-25-28-49(58-34-38)62-48-33-41(26-27-47(48)61-46-24-12-10-22-44(46)59-54(61)62)63-40-20-14-18-37(32-40)50-52-43(29-30-57-50)56(4,5)53-51(64-52)42-21-9-11-23-45(42)60(53)39-19-13-17-36(31-39)35-15-7-6-8-16-35/h6-34H,1-5H3. The maximum Gasteiger partial charge on any atom is 0.221 e. The van der Waals surface area contributed by atoms with Gasteiger partial charge in [0.1, 0.15) is 23.0 Å². The van der Waals surface area contributed by atoms with Gasteiger partial charge in [-0.2, -0.15) is 0 Å². The Morgan fingerprint density at radius 1 is 0.578 bits per heavy atom. The molecule has 8 heteroatoms. The number of imidazole rings is 2.